The average Bonchev–Trinajstić information content (AvgIpc) is 3.01. The van der Waals surface area contributed by atoms with Crippen LogP contribution in [0.25, 0.3) is 11.0 Å². The fourth-order valence-corrected chi connectivity index (χ4v) is 2.71. The maximum atomic E-state index is 9.62. The summed E-state index contributed by atoms with van der Waals surface area (Å²) >= 11 is 0. The molecule has 0 unspecified atom stereocenters. The Morgan fingerprint density at radius 1 is 1.08 bits per heavy atom. The van der Waals surface area contributed by atoms with Gasteiger partial charge < -0.3 is 10.4 Å². The van der Waals surface area contributed by atoms with Crippen LogP contribution in [0.2, 0.25) is 0 Å². The van der Waals surface area contributed by atoms with Crippen molar-refractivity contribution >= 4 is 22.5 Å². The molecule has 0 spiro atoms. The van der Waals surface area contributed by atoms with Gasteiger partial charge in [-0.05, 0) is 36.8 Å². The zero-order chi connectivity index (χ0) is 17.2. The van der Waals surface area contributed by atoms with Crippen molar-refractivity contribution in [3.05, 3.63) is 72.2 Å². The molecule has 0 aliphatic carbocycles. The minimum absolute atomic E-state index is 0.241. The van der Waals surface area contributed by atoms with Gasteiger partial charge in [0.25, 0.3) is 0 Å². The SMILES string of the molecule is Cc1ccc(Nc2ncnc3c2cnn3Cc2cccc(O)c2)cc1. The zero-order valence-corrected chi connectivity index (χ0v) is 13.7. The first-order chi connectivity index (χ1) is 12.2. The molecule has 0 aliphatic heterocycles. The first-order valence-corrected chi connectivity index (χ1v) is 7.97. The molecule has 0 atom stereocenters. The number of hydrogen-bond acceptors (Lipinski definition) is 5. The fraction of sp³-hybridized carbons (Fsp3) is 0.105. The summed E-state index contributed by atoms with van der Waals surface area (Å²) in [6, 6.07) is 15.3. The Morgan fingerprint density at radius 3 is 2.72 bits per heavy atom. The number of aromatic nitrogens is 4. The second kappa shape index (κ2) is 6.24. The third-order valence-corrected chi connectivity index (χ3v) is 3.99. The van der Waals surface area contributed by atoms with Crippen molar-refractivity contribution in [2.24, 2.45) is 0 Å². The van der Waals surface area contributed by atoms with Crippen LogP contribution in [-0.2, 0) is 6.54 Å². The average molecular weight is 331 g/mol. The molecule has 0 saturated heterocycles. The van der Waals surface area contributed by atoms with Crippen LogP contribution in [0.3, 0.4) is 0 Å². The first-order valence-electron chi connectivity index (χ1n) is 7.97. The molecule has 4 aromatic rings. The number of nitrogens with one attached hydrogen (secondary N) is 1. The summed E-state index contributed by atoms with van der Waals surface area (Å²) in [5.74, 6) is 0.960. The van der Waals surface area contributed by atoms with Gasteiger partial charge in [-0.3, -0.25) is 0 Å². The van der Waals surface area contributed by atoms with Crippen LogP contribution < -0.4 is 5.32 Å². The standard InChI is InChI=1S/C19H17N5O/c1-13-5-7-15(8-6-13)23-18-17-10-22-24(19(17)21-12-20-18)11-14-3-2-4-16(25)9-14/h2-10,12,25H,11H2,1H3,(H,20,21,23). The van der Waals surface area contributed by atoms with Crippen molar-refractivity contribution in [1.82, 2.24) is 19.7 Å². The van der Waals surface area contributed by atoms with E-state index in [1.807, 2.05) is 36.4 Å². The van der Waals surface area contributed by atoms with E-state index in [1.165, 1.54) is 11.9 Å². The Hall–Kier alpha value is -3.41. The molecule has 0 radical (unpaired) electrons. The van der Waals surface area contributed by atoms with E-state index in [1.54, 1.807) is 23.0 Å². The fourth-order valence-electron chi connectivity index (χ4n) is 2.71. The number of phenols is 1. The second-order valence-corrected chi connectivity index (χ2v) is 5.92. The zero-order valence-electron chi connectivity index (χ0n) is 13.7. The van der Waals surface area contributed by atoms with E-state index in [9.17, 15) is 5.11 Å². The molecule has 2 aromatic heterocycles. The second-order valence-electron chi connectivity index (χ2n) is 5.92. The Morgan fingerprint density at radius 2 is 1.92 bits per heavy atom. The lowest BCUT2D eigenvalue weighted by Crippen LogP contribution is -2.03. The number of benzene rings is 2. The van der Waals surface area contributed by atoms with E-state index in [0.29, 0.717) is 6.54 Å². The van der Waals surface area contributed by atoms with Crippen molar-refractivity contribution in [1.29, 1.82) is 0 Å². The molecule has 0 saturated carbocycles. The first kappa shape index (κ1) is 15.1. The number of fused-ring (bicyclic) bond motifs is 1. The highest BCUT2D eigenvalue weighted by Crippen LogP contribution is 2.23. The summed E-state index contributed by atoms with van der Waals surface area (Å²) in [6.45, 7) is 2.58. The lowest BCUT2D eigenvalue weighted by atomic mass is 10.2. The smallest absolute Gasteiger partial charge is 0.163 e. The van der Waals surface area contributed by atoms with Crippen LogP contribution >= 0.6 is 0 Å². The van der Waals surface area contributed by atoms with Crippen molar-refractivity contribution in [2.75, 3.05) is 5.32 Å². The van der Waals surface area contributed by atoms with Gasteiger partial charge in [0.05, 0.1) is 18.1 Å². The highest BCUT2D eigenvalue weighted by Gasteiger charge is 2.10. The minimum Gasteiger partial charge on any atom is -0.508 e. The Kier molecular flexibility index (Phi) is 3.78. The molecule has 0 amide bonds. The van der Waals surface area contributed by atoms with Gasteiger partial charge in [0.2, 0.25) is 0 Å². The van der Waals surface area contributed by atoms with E-state index in [2.05, 4.69) is 27.3 Å². The molecule has 2 N–H and O–H groups in total. The summed E-state index contributed by atoms with van der Waals surface area (Å²) in [7, 11) is 0. The third kappa shape index (κ3) is 3.14. The molecule has 2 heterocycles. The lowest BCUT2D eigenvalue weighted by Gasteiger charge is -2.07. The molecule has 6 nitrogen and oxygen atoms in total. The van der Waals surface area contributed by atoms with Crippen LogP contribution in [0, 0.1) is 6.92 Å². The van der Waals surface area contributed by atoms with Crippen LogP contribution in [0.5, 0.6) is 5.75 Å². The molecule has 124 valence electrons. The Labute approximate surface area is 144 Å². The van der Waals surface area contributed by atoms with Gasteiger partial charge in [0.1, 0.15) is 17.9 Å². The number of aromatic hydroxyl groups is 1. The highest BCUT2D eigenvalue weighted by atomic mass is 16.3. The molecule has 6 heteroatoms. The summed E-state index contributed by atoms with van der Waals surface area (Å²) in [4.78, 5) is 8.71. The number of hydrogen-bond donors (Lipinski definition) is 2. The van der Waals surface area contributed by atoms with Gasteiger partial charge in [-0.15, -0.1) is 0 Å². The molecular weight excluding hydrogens is 314 g/mol. The lowest BCUT2D eigenvalue weighted by molar-refractivity contribution is 0.474. The van der Waals surface area contributed by atoms with Crippen LogP contribution in [0.1, 0.15) is 11.1 Å². The normalized spacial score (nSPS) is 10.9. The van der Waals surface area contributed by atoms with Crippen molar-refractivity contribution in [3.63, 3.8) is 0 Å². The topological polar surface area (TPSA) is 75.9 Å². The van der Waals surface area contributed by atoms with Crippen molar-refractivity contribution < 1.29 is 5.11 Å². The van der Waals surface area contributed by atoms with Crippen LogP contribution in [-0.4, -0.2) is 24.9 Å². The van der Waals surface area contributed by atoms with Gasteiger partial charge >= 0.3 is 0 Å². The summed E-state index contributed by atoms with van der Waals surface area (Å²) < 4.78 is 1.80. The van der Waals surface area contributed by atoms with Gasteiger partial charge in [0, 0.05) is 5.69 Å². The summed E-state index contributed by atoms with van der Waals surface area (Å²) in [5.41, 5.74) is 3.87. The summed E-state index contributed by atoms with van der Waals surface area (Å²) in [5, 5.41) is 18.2. The van der Waals surface area contributed by atoms with Crippen molar-refractivity contribution in [3.8, 4) is 5.75 Å². The molecule has 2 aromatic carbocycles. The predicted molar refractivity (Wildman–Crippen MR) is 97.0 cm³/mol. The Bertz CT molecular complexity index is 1020. The maximum Gasteiger partial charge on any atom is 0.163 e. The predicted octanol–water partition coefficient (Wildman–Crippen LogP) is 3.63. The molecule has 0 aliphatic rings. The number of rotatable bonds is 4. The van der Waals surface area contributed by atoms with E-state index >= 15 is 0 Å². The maximum absolute atomic E-state index is 9.62. The highest BCUT2D eigenvalue weighted by molar-refractivity contribution is 5.88. The third-order valence-electron chi connectivity index (χ3n) is 3.99. The number of phenolic OH excluding ortho intramolecular Hbond substituents is 1. The van der Waals surface area contributed by atoms with E-state index < -0.39 is 0 Å². The quantitative estimate of drug-likeness (QED) is 0.597. The van der Waals surface area contributed by atoms with Gasteiger partial charge in [0.15, 0.2) is 5.65 Å². The van der Waals surface area contributed by atoms with E-state index in [0.717, 1.165) is 28.1 Å². The van der Waals surface area contributed by atoms with Gasteiger partial charge in [-0.1, -0.05) is 29.8 Å². The van der Waals surface area contributed by atoms with E-state index in [-0.39, 0.29) is 5.75 Å². The monoisotopic (exact) mass is 331 g/mol. The molecule has 0 bridgehead atoms. The molecule has 25 heavy (non-hydrogen) atoms. The number of nitrogens with zero attached hydrogens (tertiary/aromatic N) is 4. The summed E-state index contributed by atoms with van der Waals surface area (Å²) in [6.07, 6.45) is 3.29. The minimum atomic E-state index is 0.241. The van der Waals surface area contributed by atoms with Gasteiger partial charge in [-0.25, -0.2) is 14.6 Å². The molecule has 0 fully saturated rings. The Balaban J connectivity index is 1.66. The largest absolute Gasteiger partial charge is 0.508 e. The van der Waals surface area contributed by atoms with Crippen LogP contribution in [0.15, 0.2) is 61.1 Å². The van der Waals surface area contributed by atoms with E-state index in [4.69, 9.17) is 0 Å². The number of anilines is 2. The molecule has 4 rings (SSSR count). The molecular formula is C19H17N5O. The number of aryl methyl sites for hydroxylation is 1. The van der Waals surface area contributed by atoms with Gasteiger partial charge in [-0.2, -0.15) is 5.10 Å². The van der Waals surface area contributed by atoms with Crippen LogP contribution in [0.4, 0.5) is 11.5 Å². The van der Waals surface area contributed by atoms with Crippen molar-refractivity contribution in [2.45, 2.75) is 13.5 Å².